The zero-order valence-corrected chi connectivity index (χ0v) is 16.7. The third-order valence-electron chi connectivity index (χ3n) is 5.52. The number of hydrogen-bond acceptors (Lipinski definition) is 3. The molecule has 0 aromatic heterocycles. The fourth-order valence-corrected chi connectivity index (χ4v) is 3.82. The summed E-state index contributed by atoms with van der Waals surface area (Å²) in [5, 5.41) is 6.67. The molecule has 1 unspecified atom stereocenters. The lowest BCUT2D eigenvalue weighted by Gasteiger charge is -2.34. The van der Waals surface area contributed by atoms with Gasteiger partial charge in [-0.1, -0.05) is 24.3 Å². The Morgan fingerprint density at radius 2 is 1.89 bits per heavy atom. The van der Waals surface area contributed by atoms with Crippen LogP contribution in [0.1, 0.15) is 37.8 Å². The van der Waals surface area contributed by atoms with Crippen LogP contribution in [0.3, 0.4) is 0 Å². The van der Waals surface area contributed by atoms with E-state index in [1.807, 2.05) is 11.8 Å². The van der Waals surface area contributed by atoms with Gasteiger partial charge in [0.1, 0.15) is 6.54 Å². The number of fused-ring (bicyclic) bond motifs is 1. The number of likely N-dealkylation sites (tertiary alicyclic amines) is 1. The summed E-state index contributed by atoms with van der Waals surface area (Å²) in [5.74, 6) is 0.861. The first-order valence-electron chi connectivity index (χ1n) is 10.3. The van der Waals surface area contributed by atoms with Crippen molar-refractivity contribution >= 4 is 11.9 Å². The fraction of sp³-hybridized carbons (Fsp3) is 0.619. The van der Waals surface area contributed by atoms with Crippen LogP contribution in [0.25, 0.3) is 0 Å². The first kappa shape index (κ1) is 19.7. The summed E-state index contributed by atoms with van der Waals surface area (Å²) in [7, 11) is 0. The van der Waals surface area contributed by atoms with Crippen LogP contribution in [-0.4, -0.2) is 67.0 Å². The number of benzene rings is 1. The van der Waals surface area contributed by atoms with Gasteiger partial charge in [0.05, 0.1) is 0 Å². The topological polar surface area (TPSA) is 60.0 Å². The van der Waals surface area contributed by atoms with Crippen molar-refractivity contribution in [3.8, 4) is 0 Å². The molecule has 1 saturated heterocycles. The van der Waals surface area contributed by atoms with Crippen LogP contribution in [-0.2, 0) is 17.8 Å². The molecule has 1 aromatic carbocycles. The van der Waals surface area contributed by atoms with E-state index in [0.29, 0.717) is 6.04 Å². The monoisotopic (exact) mass is 371 g/mol. The Morgan fingerprint density at radius 3 is 2.63 bits per heavy atom. The predicted molar refractivity (Wildman–Crippen MR) is 110 cm³/mol. The molecule has 0 radical (unpaired) electrons. The number of rotatable bonds is 6. The molecule has 1 amide bonds. The summed E-state index contributed by atoms with van der Waals surface area (Å²) in [5.41, 5.74) is 2.91. The Hall–Kier alpha value is -2.08. The van der Waals surface area contributed by atoms with E-state index in [1.54, 1.807) is 0 Å². The minimum absolute atomic E-state index is 0.130. The smallest absolute Gasteiger partial charge is 0.244 e. The molecule has 3 rings (SSSR count). The number of guanidine groups is 1. The van der Waals surface area contributed by atoms with Crippen molar-refractivity contribution in [1.82, 2.24) is 20.4 Å². The minimum Gasteiger partial charge on any atom is -0.357 e. The molecule has 6 heteroatoms. The summed E-state index contributed by atoms with van der Waals surface area (Å²) in [4.78, 5) is 21.1. The lowest BCUT2D eigenvalue weighted by molar-refractivity contribution is -0.128. The number of carbonyl (C=O) groups is 1. The van der Waals surface area contributed by atoms with Gasteiger partial charge in [-0.3, -0.25) is 9.69 Å². The third kappa shape index (κ3) is 5.45. The van der Waals surface area contributed by atoms with Gasteiger partial charge in [-0.15, -0.1) is 0 Å². The molecular formula is C21H33N5O. The van der Waals surface area contributed by atoms with Crippen LogP contribution in [0.15, 0.2) is 29.3 Å². The maximum absolute atomic E-state index is 12.2. The largest absolute Gasteiger partial charge is 0.357 e. The maximum atomic E-state index is 12.2. The van der Waals surface area contributed by atoms with Crippen molar-refractivity contribution in [2.24, 2.45) is 4.99 Å². The molecule has 2 aliphatic heterocycles. The van der Waals surface area contributed by atoms with Gasteiger partial charge in [-0.2, -0.15) is 0 Å². The highest BCUT2D eigenvalue weighted by Crippen LogP contribution is 2.19. The summed E-state index contributed by atoms with van der Waals surface area (Å²) >= 11 is 0. The quantitative estimate of drug-likeness (QED) is 0.589. The highest BCUT2D eigenvalue weighted by molar-refractivity contribution is 5.85. The molecule has 27 heavy (non-hydrogen) atoms. The molecule has 1 fully saturated rings. The van der Waals surface area contributed by atoms with E-state index in [9.17, 15) is 4.79 Å². The first-order chi connectivity index (χ1) is 13.2. The van der Waals surface area contributed by atoms with Crippen molar-refractivity contribution in [2.45, 2.75) is 45.7 Å². The molecule has 0 bridgehead atoms. The highest BCUT2D eigenvalue weighted by Gasteiger charge is 2.21. The van der Waals surface area contributed by atoms with Crippen LogP contribution in [0.2, 0.25) is 0 Å². The number of aliphatic imine (C=N–C) groups is 1. The van der Waals surface area contributed by atoms with E-state index in [-0.39, 0.29) is 12.5 Å². The molecule has 2 N–H and O–H groups in total. The lowest BCUT2D eigenvalue weighted by atomic mass is 9.99. The van der Waals surface area contributed by atoms with E-state index in [1.165, 1.54) is 11.1 Å². The van der Waals surface area contributed by atoms with Gasteiger partial charge in [-0.05, 0) is 44.2 Å². The summed E-state index contributed by atoms with van der Waals surface area (Å²) in [6, 6.07) is 9.12. The molecule has 0 saturated carbocycles. The number of nitrogens with zero attached hydrogens (tertiary/aromatic N) is 3. The normalized spacial score (nSPS) is 18.9. The minimum atomic E-state index is 0.130. The Bertz CT molecular complexity index is 654. The maximum Gasteiger partial charge on any atom is 0.244 e. The summed E-state index contributed by atoms with van der Waals surface area (Å²) < 4.78 is 0. The molecule has 2 heterocycles. The first-order valence-corrected chi connectivity index (χ1v) is 10.3. The van der Waals surface area contributed by atoms with E-state index >= 15 is 0 Å². The number of hydrogen-bond donors (Lipinski definition) is 2. The second kappa shape index (κ2) is 9.74. The van der Waals surface area contributed by atoms with E-state index in [2.05, 4.69) is 51.7 Å². The zero-order valence-electron chi connectivity index (χ0n) is 16.7. The van der Waals surface area contributed by atoms with Gasteiger partial charge in [0.2, 0.25) is 5.91 Å². The number of carbonyl (C=O) groups excluding carboxylic acids is 1. The van der Waals surface area contributed by atoms with Crippen LogP contribution in [0.4, 0.5) is 0 Å². The van der Waals surface area contributed by atoms with E-state index < -0.39 is 0 Å². The van der Waals surface area contributed by atoms with E-state index in [4.69, 9.17) is 0 Å². The number of nitrogens with one attached hydrogen (secondary N) is 2. The van der Waals surface area contributed by atoms with Crippen molar-refractivity contribution in [3.05, 3.63) is 35.4 Å². The Labute approximate surface area is 163 Å². The van der Waals surface area contributed by atoms with Gasteiger partial charge >= 0.3 is 0 Å². The molecular weight excluding hydrogens is 338 g/mol. The van der Waals surface area contributed by atoms with Gasteiger partial charge in [0, 0.05) is 45.3 Å². The molecule has 2 aliphatic rings. The van der Waals surface area contributed by atoms with Gasteiger partial charge < -0.3 is 15.5 Å². The van der Waals surface area contributed by atoms with Gasteiger partial charge in [-0.25, -0.2) is 4.99 Å². The van der Waals surface area contributed by atoms with Crippen molar-refractivity contribution < 1.29 is 4.79 Å². The molecule has 1 atom stereocenters. The molecule has 6 nitrogen and oxygen atoms in total. The average Bonchev–Trinajstić information content (AvgIpc) is 3.24. The van der Waals surface area contributed by atoms with Crippen molar-refractivity contribution in [1.29, 1.82) is 0 Å². The molecule has 0 spiro atoms. The molecule has 148 valence electrons. The fourth-order valence-electron chi connectivity index (χ4n) is 3.82. The molecule has 0 aliphatic carbocycles. The second-order valence-electron chi connectivity index (χ2n) is 7.50. The van der Waals surface area contributed by atoms with Crippen LogP contribution >= 0.6 is 0 Å². The van der Waals surface area contributed by atoms with Crippen molar-refractivity contribution in [2.75, 3.05) is 39.3 Å². The predicted octanol–water partition coefficient (Wildman–Crippen LogP) is 1.61. The standard InChI is InChI=1S/C21H33N5O/c1-3-22-21(24-15-20(27)25-11-6-7-12-25)23-14-17(2)26-13-10-18-8-4-5-9-19(18)16-26/h4-5,8-9,17H,3,6-7,10-16H2,1-2H3,(H2,22,23,24). The Kier molecular flexibility index (Phi) is 7.10. The number of amides is 1. The average molecular weight is 372 g/mol. The highest BCUT2D eigenvalue weighted by atomic mass is 16.2. The Morgan fingerprint density at radius 1 is 1.15 bits per heavy atom. The van der Waals surface area contributed by atoms with Crippen LogP contribution in [0, 0.1) is 0 Å². The van der Waals surface area contributed by atoms with Crippen LogP contribution in [0.5, 0.6) is 0 Å². The lowest BCUT2D eigenvalue weighted by Crippen LogP contribution is -2.47. The SMILES string of the molecule is CCNC(=NCC(=O)N1CCCC1)NCC(C)N1CCc2ccccc2C1. The zero-order chi connectivity index (χ0) is 19.1. The third-order valence-corrected chi connectivity index (χ3v) is 5.52. The van der Waals surface area contributed by atoms with Crippen molar-refractivity contribution in [3.63, 3.8) is 0 Å². The van der Waals surface area contributed by atoms with Crippen LogP contribution < -0.4 is 10.6 Å². The van der Waals surface area contributed by atoms with Gasteiger partial charge in [0.25, 0.3) is 0 Å². The summed E-state index contributed by atoms with van der Waals surface area (Å²) in [6.45, 7) is 9.96. The van der Waals surface area contributed by atoms with E-state index in [0.717, 1.165) is 64.5 Å². The summed E-state index contributed by atoms with van der Waals surface area (Å²) in [6.07, 6.45) is 3.34. The van der Waals surface area contributed by atoms with Gasteiger partial charge in [0.15, 0.2) is 5.96 Å². The second-order valence-corrected chi connectivity index (χ2v) is 7.50. The Balaban J connectivity index is 1.49. The molecule has 1 aromatic rings.